The normalized spacial score (nSPS) is 18.4. The number of hydrogen-bond acceptors (Lipinski definition) is 3. The van der Waals surface area contributed by atoms with Crippen LogP contribution in [0.25, 0.3) is 5.82 Å². The molecule has 1 fully saturated rings. The number of carbonyl (C=O) groups is 2. The Hall–Kier alpha value is -3.41. The molecule has 3 aromatic rings. The summed E-state index contributed by atoms with van der Waals surface area (Å²) in [7, 11) is 0. The molecule has 0 radical (unpaired) electrons. The molecule has 32 heavy (non-hydrogen) atoms. The highest BCUT2D eigenvalue weighted by molar-refractivity contribution is 6.09. The lowest BCUT2D eigenvalue weighted by Crippen LogP contribution is -2.42. The molecule has 2 amide bonds. The Balaban J connectivity index is 1.60. The van der Waals surface area contributed by atoms with E-state index < -0.39 is 0 Å². The second-order valence-electron chi connectivity index (χ2n) is 8.96. The number of hydrogen-bond donors (Lipinski definition) is 1. The first-order valence-electron chi connectivity index (χ1n) is 11.1. The lowest BCUT2D eigenvalue weighted by Gasteiger charge is -2.35. The van der Waals surface area contributed by atoms with Crippen LogP contribution in [0.5, 0.6) is 0 Å². The molecular weight excluding hydrogens is 400 g/mol. The second kappa shape index (κ2) is 8.99. The molecule has 1 aromatic carbocycles. The Morgan fingerprint density at radius 2 is 1.66 bits per heavy atom. The molecule has 1 aliphatic rings. The second-order valence-corrected chi connectivity index (χ2v) is 8.96. The van der Waals surface area contributed by atoms with Crippen molar-refractivity contribution >= 4 is 17.5 Å². The van der Waals surface area contributed by atoms with Crippen molar-refractivity contribution in [2.24, 2.45) is 11.8 Å². The summed E-state index contributed by atoms with van der Waals surface area (Å²) in [6.45, 7) is 9.72. The van der Waals surface area contributed by atoms with Gasteiger partial charge < -0.3 is 14.8 Å². The molecule has 0 bridgehead atoms. The third-order valence-electron chi connectivity index (χ3n) is 6.12. The van der Waals surface area contributed by atoms with Gasteiger partial charge in [0.05, 0.1) is 16.8 Å². The number of aryl methyl sites for hydroxylation is 1. The third kappa shape index (κ3) is 4.31. The van der Waals surface area contributed by atoms with Crippen LogP contribution in [0.2, 0.25) is 0 Å². The summed E-state index contributed by atoms with van der Waals surface area (Å²) in [6.07, 6.45) is 2.87. The highest BCUT2D eigenvalue weighted by atomic mass is 16.2. The first-order valence-corrected chi connectivity index (χ1v) is 11.1. The average Bonchev–Trinajstić information content (AvgIpc) is 3.07. The zero-order valence-corrected chi connectivity index (χ0v) is 19.1. The number of anilines is 1. The Bertz CT molecular complexity index is 1130. The third-order valence-corrected chi connectivity index (χ3v) is 6.12. The summed E-state index contributed by atoms with van der Waals surface area (Å²) in [5.41, 5.74) is 3.36. The van der Waals surface area contributed by atoms with Gasteiger partial charge in [-0.25, -0.2) is 4.98 Å². The number of amides is 2. The lowest BCUT2D eigenvalue weighted by molar-refractivity contribution is 0.0624. The molecule has 2 atom stereocenters. The van der Waals surface area contributed by atoms with E-state index >= 15 is 0 Å². The van der Waals surface area contributed by atoms with E-state index in [9.17, 15) is 9.59 Å². The van der Waals surface area contributed by atoms with Crippen LogP contribution in [0.1, 0.15) is 52.4 Å². The van der Waals surface area contributed by atoms with Crippen molar-refractivity contribution in [2.45, 2.75) is 34.1 Å². The van der Waals surface area contributed by atoms with Crippen LogP contribution in [0, 0.1) is 25.7 Å². The minimum Gasteiger partial charge on any atom is -0.338 e. The molecule has 6 heteroatoms. The maximum absolute atomic E-state index is 13.3. The SMILES string of the molecule is Cc1cc(C(=O)Nc2ccccc2C(=O)N2CC(C)CC(C)C2)c(C)n1-c1ccccn1. The maximum atomic E-state index is 13.3. The van der Waals surface area contributed by atoms with E-state index in [0.29, 0.717) is 28.7 Å². The van der Waals surface area contributed by atoms with Gasteiger partial charge >= 0.3 is 0 Å². The van der Waals surface area contributed by atoms with E-state index in [1.165, 1.54) is 0 Å². The van der Waals surface area contributed by atoms with Crippen molar-refractivity contribution in [1.29, 1.82) is 0 Å². The molecule has 0 spiro atoms. The Morgan fingerprint density at radius 3 is 2.34 bits per heavy atom. The largest absolute Gasteiger partial charge is 0.338 e. The molecule has 6 nitrogen and oxygen atoms in total. The van der Waals surface area contributed by atoms with Gasteiger partial charge in [0.25, 0.3) is 11.8 Å². The smallest absolute Gasteiger partial charge is 0.257 e. The molecular formula is C26H30N4O2. The van der Waals surface area contributed by atoms with Crippen LogP contribution >= 0.6 is 0 Å². The lowest BCUT2D eigenvalue weighted by atomic mass is 9.91. The highest BCUT2D eigenvalue weighted by Crippen LogP contribution is 2.26. The molecule has 166 valence electrons. The van der Waals surface area contributed by atoms with Crippen molar-refractivity contribution in [2.75, 3.05) is 18.4 Å². The number of benzene rings is 1. The van der Waals surface area contributed by atoms with Crippen molar-refractivity contribution < 1.29 is 9.59 Å². The maximum Gasteiger partial charge on any atom is 0.257 e. The summed E-state index contributed by atoms with van der Waals surface area (Å²) in [6, 6.07) is 14.8. The summed E-state index contributed by atoms with van der Waals surface area (Å²) in [5.74, 6) is 1.45. The molecule has 3 heterocycles. The first kappa shape index (κ1) is 21.8. The van der Waals surface area contributed by atoms with Crippen LogP contribution in [0.4, 0.5) is 5.69 Å². The standard InChI is InChI=1S/C26H30N4O2/c1-17-13-18(2)16-29(15-17)26(32)21-9-5-6-10-23(21)28-25(31)22-14-19(3)30(20(22)4)24-11-7-8-12-27-24/h5-12,14,17-18H,13,15-16H2,1-4H3,(H,28,31). The van der Waals surface area contributed by atoms with E-state index in [4.69, 9.17) is 0 Å². The van der Waals surface area contributed by atoms with Gasteiger partial charge in [-0.3, -0.25) is 9.59 Å². The number of para-hydroxylation sites is 1. The minimum atomic E-state index is -0.235. The van der Waals surface area contributed by atoms with Gasteiger partial charge in [0.15, 0.2) is 0 Å². The van der Waals surface area contributed by atoms with Crippen LogP contribution in [-0.4, -0.2) is 39.4 Å². The Labute approximate surface area is 189 Å². The van der Waals surface area contributed by atoms with E-state index in [0.717, 1.165) is 36.7 Å². The number of aromatic nitrogens is 2. The van der Waals surface area contributed by atoms with Crippen LogP contribution < -0.4 is 5.32 Å². The topological polar surface area (TPSA) is 67.2 Å². The molecule has 1 N–H and O–H groups in total. The first-order chi connectivity index (χ1) is 15.3. The fourth-order valence-corrected chi connectivity index (χ4v) is 4.80. The van der Waals surface area contributed by atoms with E-state index in [2.05, 4.69) is 24.1 Å². The van der Waals surface area contributed by atoms with Crippen molar-refractivity contribution in [3.8, 4) is 5.82 Å². The quantitative estimate of drug-likeness (QED) is 0.643. The van der Waals surface area contributed by atoms with Gasteiger partial charge in [0.2, 0.25) is 0 Å². The predicted octanol–water partition coefficient (Wildman–Crippen LogP) is 4.86. The van der Waals surface area contributed by atoms with Gasteiger partial charge in [0.1, 0.15) is 5.82 Å². The Kier molecular flexibility index (Phi) is 6.12. The van der Waals surface area contributed by atoms with Gasteiger partial charge in [-0.1, -0.05) is 32.0 Å². The van der Waals surface area contributed by atoms with Crippen LogP contribution in [0.3, 0.4) is 0 Å². The highest BCUT2D eigenvalue weighted by Gasteiger charge is 2.28. The molecule has 4 rings (SSSR count). The zero-order chi connectivity index (χ0) is 22.8. The van der Waals surface area contributed by atoms with Crippen molar-refractivity contribution in [3.63, 3.8) is 0 Å². The number of piperidine rings is 1. The van der Waals surface area contributed by atoms with Gasteiger partial charge in [-0.15, -0.1) is 0 Å². The molecule has 0 saturated carbocycles. The number of likely N-dealkylation sites (tertiary alicyclic amines) is 1. The van der Waals surface area contributed by atoms with Crippen molar-refractivity contribution in [1.82, 2.24) is 14.5 Å². The number of nitrogens with zero attached hydrogens (tertiary/aromatic N) is 3. The number of carbonyl (C=O) groups excluding carboxylic acids is 2. The minimum absolute atomic E-state index is 0.0294. The zero-order valence-electron chi connectivity index (χ0n) is 19.1. The van der Waals surface area contributed by atoms with Crippen LogP contribution in [-0.2, 0) is 0 Å². The van der Waals surface area contributed by atoms with E-state index in [1.807, 2.05) is 59.7 Å². The fraction of sp³-hybridized carbons (Fsp3) is 0.346. The molecule has 2 aromatic heterocycles. The summed E-state index contributed by atoms with van der Waals surface area (Å²) in [5, 5.41) is 2.98. The van der Waals surface area contributed by atoms with Crippen LogP contribution in [0.15, 0.2) is 54.7 Å². The van der Waals surface area contributed by atoms with E-state index in [1.54, 1.807) is 18.3 Å². The average molecular weight is 431 g/mol. The summed E-state index contributed by atoms with van der Waals surface area (Å²) < 4.78 is 1.96. The van der Waals surface area contributed by atoms with Crippen molar-refractivity contribution in [3.05, 3.63) is 77.2 Å². The molecule has 1 saturated heterocycles. The van der Waals surface area contributed by atoms with E-state index in [-0.39, 0.29) is 11.8 Å². The van der Waals surface area contributed by atoms with Gasteiger partial charge in [-0.05, 0) is 62.4 Å². The number of nitrogens with one attached hydrogen (secondary N) is 1. The monoisotopic (exact) mass is 430 g/mol. The Morgan fingerprint density at radius 1 is 0.969 bits per heavy atom. The molecule has 2 unspecified atom stereocenters. The molecule has 0 aliphatic carbocycles. The summed E-state index contributed by atoms with van der Waals surface area (Å²) >= 11 is 0. The summed E-state index contributed by atoms with van der Waals surface area (Å²) in [4.78, 5) is 32.8. The fourth-order valence-electron chi connectivity index (χ4n) is 4.80. The molecule has 1 aliphatic heterocycles. The number of pyridine rings is 1. The van der Waals surface area contributed by atoms with Gasteiger partial charge in [-0.2, -0.15) is 0 Å². The predicted molar refractivity (Wildman–Crippen MR) is 126 cm³/mol. The number of rotatable bonds is 4. The van der Waals surface area contributed by atoms with Gasteiger partial charge in [0, 0.05) is 30.7 Å².